The molecule has 15 heavy (non-hydrogen) atoms. The van der Waals surface area contributed by atoms with Gasteiger partial charge >= 0.3 is 0 Å². The lowest BCUT2D eigenvalue weighted by Crippen LogP contribution is -2.41. The zero-order chi connectivity index (χ0) is 11.5. The van der Waals surface area contributed by atoms with Gasteiger partial charge in [0.25, 0.3) is 0 Å². The molecule has 82 valence electrons. The van der Waals surface area contributed by atoms with Gasteiger partial charge in [0.15, 0.2) is 5.78 Å². The van der Waals surface area contributed by atoms with Crippen molar-refractivity contribution in [3.63, 3.8) is 0 Å². The molecule has 0 aliphatic carbocycles. The molecule has 3 N–H and O–H groups in total. The van der Waals surface area contributed by atoms with Crippen LogP contribution in [0.5, 0.6) is 5.75 Å². The molecule has 0 atom stereocenters. The van der Waals surface area contributed by atoms with E-state index in [1.165, 1.54) is 0 Å². The Morgan fingerprint density at radius 2 is 1.87 bits per heavy atom. The maximum atomic E-state index is 11.5. The second-order valence-corrected chi connectivity index (χ2v) is 4.31. The van der Waals surface area contributed by atoms with Crippen LogP contribution in [0.2, 0.25) is 0 Å². The van der Waals surface area contributed by atoms with Crippen LogP contribution in [0.15, 0.2) is 24.3 Å². The summed E-state index contributed by atoms with van der Waals surface area (Å²) >= 11 is 0. The van der Waals surface area contributed by atoms with Crippen molar-refractivity contribution in [2.45, 2.75) is 32.2 Å². The van der Waals surface area contributed by atoms with Crippen molar-refractivity contribution in [1.29, 1.82) is 0 Å². The molecule has 0 spiro atoms. The Morgan fingerprint density at radius 3 is 2.33 bits per heavy atom. The van der Waals surface area contributed by atoms with Crippen molar-refractivity contribution < 1.29 is 9.90 Å². The molecular formula is C12H17NO2. The normalized spacial score (nSPS) is 11.4. The van der Waals surface area contributed by atoms with Crippen LogP contribution in [-0.2, 0) is 11.2 Å². The highest BCUT2D eigenvalue weighted by molar-refractivity contribution is 5.87. The third-order valence-electron chi connectivity index (χ3n) is 2.30. The predicted molar refractivity (Wildman–Crippen MR) is 59.7 cm³/mol. The van der Waals surface area contributed by atoms with Crippen LogP contribution < -0.4 is 5.73 Å². The number of rotatable bonds is 4. The monoisotopic (exact) mass is 207 g/mol. The largest absolute Gasteiger partial charge is 0.508 e. The predicted octanol–water partition coefficient (Wildman–Crippen LogP) is 1.63. The zero-order valence-electron chi connectivity index (χ0n) is 9.16. The Hall–Kier alpha value is -1.35. The van der Waals surface area contributed by atoms with E-state index in [2.05, 4.69) is 0 Å². The topological polar surface area (TPSA) is 63.3 Å². The Kier molecular flexibility index (Phi) is 3.48. The molecule has 0 unspecified atom stereocenters. The van der Waals surface area contributed by atoms with Gasteiger partial charge in [0, 0.05) is 6.42 Å². The fourth-order valence-electron chi connectivity index (χ4n) is 1.24. The van der Waals surface area contributed by atoms with Gasteiger partial charge in [0.1, 0.15) is 5.75 Å². The summed E-state index contributed by atoms with van der Waals surface area (Å²) in [6.07, 6.45) is 1.11. The van der Waals surface area contributed by atoms with Crippen LogP contribution in [0, 0.1) is 0 Å². The first-order valence-corrected chi connectivity index (χ1v) is 4.99. The first-order valence-electron chi connectivity index (χ1n) is 4.99. The average Bonchev–Trinajstić information content (AvgIpc) is 2.15. The van der Waals surface area contributed by atoms with Gasteiger partial charge in [-0.05, 0) is 38.0 Å². The van der Waals surface area contributed by atoms with E-state index in [-0.39, 0.29) is 11.5 Å². The molecule has 3 nitrogen and oxygen atoms in total. The fraction of sp³-hybridized carbons (Fsp3) is 0.417. The lowest BCUT2D eigenvalue weighted by Gasteiger charge is -2.16. The molecule has 1 aromatic rings. The van der Waals surface area contributed by atoms with Gasteiger partial charge < -0.3 is 10.8 Å². The highest BCUT2D eigenvalue weighted by atomic mass is 16.3. The molecule has 0 radical (unpaired) electrons. The average molecular weight is 207 g/mol. The van der Waals surface area contributed by atoms with E-state index in [9.17, 15) is 4.79 Å². The van der Waals surface area contributed by atoms with E-state index in [1.807, 2.05) is 12.1 Å². The van der Waals surface area contributed by atoms with Gasteiger partial charge in [0.05, 0.1) is 5.54 Å². The number of ketones is 1. The summed E-state index contributed by atoms with van der Waals surface area (Å²) in [7, 11) is 0. The molecule has 3 heteroatoms. The second-order valence-electron chi connectivity index (χ2n) is 4.31. The molecule has 0 aliphatic heterocycles. The number of aromatic hydroxyl groups is 1. The van der Waals surface area contributed by atoms with E-state index in [4.69, 9.17) is 10.8 Å². The number of carbonyl (C=O) groups is 1. The summed E-state index contributed by atoms with van der Waals surface area (Å²) in [6, 6.07) is 6.86. The van der Waals surface area contributed by atoms with Crippen molar-refractivity contribution in [2.75, 3.05) is 0 Å². The number of phenolic OH excluding ortho intramolecular Hbond substituents is 1. The van der Waals surface area contributed by atoms with Crippen LogP contribution in [0.1, 0.15) is 25.8 Å². The molecule has 0 aliphatic rings. The summed E-state index contributed by atoms with van der Waals surface area (Å²) in [6.45, 7) is 3.43. The third-order valence-corrected chi connectivity index (χ3v) is 2.30. The van der Waals surface area contributed by atoms with E-state index in [1.54, 1.807) is 26.0 Å². The van der Waals surface area contributed by atoms with Gasteiger partial charge in [-0.25, -0.2) is 0 Å². The number of hydrogen-bond acceptors (Lipinski definition) is 3. The summed E-state index contributed by atoms with van der Waals surface area (Å²) in [5.41, 5.74) is 5.96. The van der Waals surface area contributed by atoms with Gasteiger partial charge in [-0.1, -0.05) is 12.1 Å². The van der Waals surface area contributed by atoms with Crippen LogP contribution in [0.25, 0.3) is 0 Å². The van der Waals surface area contributed by atoms with Crippen molar-refractivity contribution in [3.8, 4) is 5.75 Å². The quantitative estimate of drug-likeness (QED) is 0.788. The van der Waals surface area contributed by atoms with Crippen molar-refractivity contribution in [1.82, 2.24) is 0 Å². The Labute approximate surface area is 89.9 Å². The maximum absolute atomic E-state index is 11.5. The molecular weight excluding hydrogens is 190 g/mol. The van der Waals surface area contributed by atoms with Gasteiger partial charge in [-0.2, -0.15) is 0 Å². The number of phenols is 1. The Balaban J connectivity index is 2.51. The first-order chi connectivity index (χ1) is 6.89. The smallest absolute Gasteiger partial charge is 0.152 e. The molecule has 1 rings (SSSR count). The number of aryl methyl sites for hydroxylation is 1. The molecule has 0 heterocycles. The lowest BCUT2D eigenvalue weighted by molar-refractivity contribution is -0.123. The summed E-state index contributed by atoms with van der Waals surface area (Å²) in [5, 5.41) is 9.08. The highest BCUT2D eigenvalue weighted by Crippen LogP contribution is 2.12. The van der Waals surface area contributed by atoms with Crippen LogP contribution >= 0.6 is 0 Å². The summed E-state index contributed by atoms with van der Waals surface area (Å²) < 4.78 is 0. The van der Waals surface area contributed by atoms with Crippen LogP contribution in [-0.4, -0.2) is 16.4 Å². The van der Waals surface area contributed by atoms with Crippen LogP contribution in [0.3, 0.4) is 0 Å². The van der Waals surface area contributed by atoms with Crippen molar-refractivity contribution in [2.24, 2.45) is 5.73 Å². The van der Waals surface area contributed by atoms with Gasteiger partial charge in [-0.15, -0.1) is 0 Å². The lowest BCUT2D eigenvalue weighted by atomic mass is 9.95. The van der Waals surface area contributed by atoms with Crippen LogP contribution in [0.4, 0.5) is 0 Å². The highest BCUT2D eigenvalue weighted by Gasteiger charge is 2.20. The fourth-order valence-corrected chi connectivity index (χ4v) is 1.24. The molecule has 0 amide bonds. The second kappa shape index (κ2) is 4.45. The van der Waals surface area contributed by atoms with Crippen molar-refractivity contribution >= 4 is 5.78 Å². The zero-order valence-corrected chi connectivity index (χ0v) is 9.16. The third kappa shape index (κ3) is 3.72. The Bertz CT molecular complexity index is 336. The minimum atomic E-state index is -0.753. The number of hydrogen-bond donors (Lipinski definition) is 2. The molecule has 0 aromatic heterocycles. The van der Waals surface area contributed by atoms with Crippen molar-refractivity contribution in [3.05, 3.63) is 29.8 Å². The number of carbonyl (C=O) groups excluding carboxylic acids is 1. The number of benzene rings is 1. The van der Waals surface area contributed by atoms with E-state index < -0.39 is 5.54 Å². The van der Waals surface area contributed by atoms with E-state index in [0.717, 1.165) is 5.56 Å². The number of nitrogens with two attached hydrogens (primary N) is 1. The standard InChI is InChI=1S/C12H17NO2/c1-12(2,13)11(15)8-5-9-3-6-10(14)7-4-9/h3-4,6-7,14H,5,8,13H2,1-2H3. The SMILES string of the molecule is CC(C)(N)C(=O)CCc1ccc(O)cc1. The summed E-state index contributed by atoms with van der Waals surface area (Å²) in [4.78, 5) is 11.5. The molecule has 0 saturated heterocycles. The molecule has 0 saturated carbocycles. The molecule has 0 bridgehead atoms. The molecule has 0 fully saturated rings. The maximum Gasteiger partial charge on any atom is 0.152 e. The van der Waals surface area contributed by atoms with Gasteiger partial charge in [0.2, 0.25) is 0 Å². The first kappa shape index (κ1) is 11.7. The number of Topliss-reactive ketones (excluding diaryl/α,β-unsaturated/α-hetero) is 1. The van der Waals surface area contributed by atoms with Gasteiger partial charge in [-0.3, -0.25) is 4.79 Å². The minimum Gasteiger partial charge on any atom is -0.508 e. The minimum absolute atomic E-state index is 0.0515. The summed E-state index contributed by atoms with van der Waals surface area (Å²) in [5.74, 6) is 0.291. The van der Waals surface area contributed by atoms with E-state index in [0.29, 0.717) is 12.8 Å². The molecule has 1 aromatic carbocycles. The van der Waals surface area contributed by atoms with E-state index >= 15 is 0 Å². The Morgan fingerprint density at radius 1 is 1.33 bits per heavy atom.